The molecule has 2 heterocycles. The number of hydrogen-bond donors (Lipinski definition) is 2. The monoisotopic (exact) mass is 274 g/mol. The second-order valence-corrected chi connectivity index (χ2v) is 5.40. The van der Waals surface area contributed by atoms with Crippen LogP contribution in [-0.4, -0.2) is 29.6 Å². The molecular formula is C15H18N2O3. The van der Waals surface area contributed by atoms with Gasteiger partial charge in [0.2, 0.25) is 0 Å². The second-order valence-electron chi connectivity index (χ2n) is 5.40. The number of fused-ring (bicyclic) bond motifs is 1. The molecular weight excluding hydrogens is 256 g/mol. The number of benzene rings is 1. The summed E-state index contributed by atoms with van der Waals surface area (Å²) in [6.07, 6.45) is 1.11. The summed E-state index contributed by atoms with van der Waals surface area (Å²) in [5.41, 5.74) is 6.69. The van der Waals surface area contributed by atoms with Crippen LogP contribution in [0.1, 0.15) is 12.0 Å². The highest BCUT2D eigenvalue weighted by Crippen LogP contribution is 2.24. The molecule has 106 valence electrons. The van der Waals surface area contributed by atoms with Crippen molar-refractivity contribution in [2.45, 2.75) is 13.0 Å². The van der Waals surface area contributed by atoms with Gasteiger partial charge in [-0.2, -0.15) is 0 Å². The summed E-state index contributed by atoms with van der Waals surface area (Å²) in [4.78, 5) is 13.9. The molecule has 5 nitrogen and oxygen atoms in total. The molecule has 0 saturated carbocycles. The van der Waals surface area contributed by atoms with Crippen LogP contribution >= 0.6 is 0 Å². The van der Waals surface area contributed by atoms with Gasteiger partial charge in [0.25, 0.3) is 0 Å². The molecule has 1 aliphatic heterocycles. The van der Waals surface area contributed by atoms with E-state index in [0.717, 1.165) is 30.5 Å². The van der Waals surface area contributed by atoms with Crippen molar-refractivity contribution in [1.29, 1.82) is 0 Å². The molecule has 3 N–H and O–H groups in total. The molecule has 0 aliphatic carbocycles. The van der Waals surface area contributed by atoms with Crippen LogP contribution in [0.5, 0.6) is 5.75 Å². The van der Waals surface area contributed by atoms with Crippen molar-refractivity contribution in [2.75, 3.05) is 19.6 Å². The molecule has 0 bridgehead atoms. The fraction of sp³-hybridized carbons (Fsp3) is 0.400. The van der Waals surface area contributed by atoms with Gasteiger partial charge in [-0.15, -0.1) is 0 Å². The molecule has 20 heavy (non-hydrogen) atoms. The van der Waals surface area contributed by atoms with E-state index < -0.39 is 0 Å². The minimum atomic E-state index is -0.382. The van der Waals surface area contributed by atoms with E-state index in [2.05, 4.69) is 4.90 Å². The van der Waals surface area contributed by atoms with E-state index in [9.17, 15) is 9.90 Å². The molecule has 2 aromatic rings. The number of phenols is 1. The van der Waals surface area contributed by atoms with Crippen LogP contribution in [0.4, 0.5) is 0 Å². The topological polar surface area (TPSA) is 79.7 Å². The maximum Gasteiger partial charge on any atom is 0.336 e. The molecule has 1 aromatic carbocycles. The molecule has 1 aliphatic rings. The first-order valence-electron chi connectivity index (χ1n) is 6.84. The third kappa shape index (κ3) is 2.55. The van der Waals surface area contributed by atoms with Crippen LogP contribution in [0.2, 0.25) is 0 Å². The zero-order valence-corrected chi connectivity index (χ0v) is 11.2. The van der Waals surface area contributed by atoms with Crippen molar-refractivity contribution in [3.05, 3.63) is 40.2 Å². The first-order chi connectivity index (χ1) is 9.65. The van der Waals surface area contributed by atoms with Crippen LogP contribution in [0.3, 0.4) is 0 Å². The van der Waals surface area contributed by atoms with Gasteiger partial charge in [0, 0.05) is 30.6 Å². The Labute approximate surface area is 116 Å². The van der Waals surface area contributed by atoms with Crippen LogP contribution < -0.4 is 11.4 Å². The zero-order chi connectivity index (χ0) is 14.1. The van der Waals surface area contributed by atoms with E-state index >= 15 is 0 Å². The Bertz CT molecular complexity index is 680. The standard InChI is InChI=1S/C15H18N2O3/c16-7-10-3-4-17(8-10)9-11-5-15(19)20-14-6-12(18)1-2-13(11)14/h1-2,5-6,10,18H,3-4,7-9,16H2. The predicted octanol–water partition coefficient (Wildman–Crippen LogP) is 1.28. The summed E-state index contributed by atoms with van der Waals surface area (Å²) in [5.74, 6) is 0.646. The maximum absolute atomic E-state index is 11.6. The van der Waals surface area contributed by atoms with Gasteiger partial charge in [-0.3, -0.25) is 4.90 Å². The van der Waals surface area contributed by atoms with Crippen LogP contribution in [0.15, 0.2) is 33.5 Å². The first-order valence-corrected chi connectivity index (χ1v) is 6.84. The van der Waals surface area contributed by atoms with Gasteiger partial charge in [0.15, 0.2) is 0 Å². The van der Waals surface area contributed by atoms with E-state index in [1.165, 1.54) is 12.1 Å². The van der Waals surface area contributed by atoms with Gasteiger partial charge >= 0.3 is 5.63 Å². The van der Waals surface area contributed by atoms with Gasteiger partial charge in [-0.1, -0.05) is 0 Å². The number of hydrogen-bond acceptors (Lipinski definition) is 5. The van der Waals surface area contributed by atoms with Crippen LogP contribution in [0.25, 0.3) is 11.0 Å². The highest BCUT2D eigenvalue weighted by Gasteiger charge is 2.22. The molecule has 0 amide bonds. The molecule has 3 rings (SSSR count). The molecule has 1 unspecified atom stereocenters. The highest BCUT2D eigenvalue weighted by molar-refractivity contribution is 5.81. The van der Waals surface area contributed by atoms with Crippen molar-refractivity contribution < 1.29 is 9.52 Å². The smallest absolute Gasteiger partial charge is 0.336 e. The third-order valence-corrected chi connectivity index (χ3v) is 3.91. The summed E-state index contributed by atoms with van der Waals surface area (Å²) in [6, 6.07) is 6.42. The Hall–Kier alpha value is -1.85. The number of nitrogens with two attached hydrogens (primary N) is 1. The summed E-state index contributed by atoms with van der Waals surface area (Å²) < 4.78 is 5.14. The third-order valence-electron chi connectivity index (χ3n) is 3.91. The number of aromatic hydroxyl groups is 1. The number of likely N-dealkylation sites (tertiary alicyclic amines) is 1. The van der Waals surface area contributed by atoms with E-state index in [0.29, 0.717) is 24.6 Å². The Morgan fingerprint density at radius 2 is 2.25 bits per heavy atom. The van der Waals surface area contributed by atoms with Crippen LogP contribution in [0, 0.1) is 5.92 Å². The Balaban J connectivity index is 1.93. The zero-order valence-electron chi connectivity index (χ0n) is 11.2. The van der Waals surface area contributed by atoms with E-state index in [1.54, 1.807) is 12.1 Å². The van der Waals surface area contributed by atoms with E-state index in [1.807, 2.05) is 0 Å². The Kier molecular flexibility index (Phi) is 3.46. The molecule has 1 saturated heterocycles. The van der Waals surface area contributed by atoms with Gasteiger partial charge in [-0.05, 0) is 43.1 Å². The van der Waals surface area contributed by atoms with Crippen LogP contribution in [-0.2, 0) is 6.54 Å². The van der Waals surface area contributed by atoms with Crippen molar-refractivity contribution in [3.63, 3.8) is 0 Å². The van der Waals surface area contributed by atoms with Crippen molar-refractivity contribution in [1.82, 2.24) is 4.90 Å². The van der Waals surface area contributed by atoms with Gasteiger partial charge < -0.3 is 15.3 Å². The summed E-state index contributed by atoms with van der Waals surface area (Å²) in [5, 5.41) is 10.4. The number of rotatable bonds is 3. The maximum atomic E-state index is 11.6. The molecule has 0 spiro atoms. The fourth-order valence-corrected chi connectivity index (χ4v) is 2.84. The van der Waals surface area contributed by atoms with Crippen molar-refractivity contribution in [3.8, 4) is 5.75 Å². The van der Waals surface area contributed by atoms with E-state index in [-0.39, 0.29) is 11.4 Å². The number of phenolic OH excluding ortho intramolecular Hbond substituents is 1. The van der Waals surface area contributed by atoms with Gasteiger partial charge in [-0.25, -0.2) is 4.79 Å². The molecule has 5 heteroatoms. The average Bonchev–Trinajstić information content (AvgIpc) is 2.85. The Morgan fingerprint density at radius 1 is 1.40 bits per heavy atom. The largest absolute Gasteiger partial charge is 0.508 e. The lowest BCUT2D eigenvalue weighted by atomic mass is 10.1. The molecule has 0 radical (unpaired) electrons. The lowest BCUT2D eigenvalue weighted by molar-refractivity contribution is 0.318. The number of nitrogens with zero attached hydrogens (tertiary/aromatic N) is 1. The quantitative estimate of drug-likeness (QED) is 0.824. The fourth-order valence-electron chi connectivity index (χ4n) is 2.84. The lowest BCUT2D eigenvalue weighted by Gasteiger charge is -2.16. The Morgan fingerprint density at radius 3 is 3.00 bits per heavy atom. The molecule has 1 fully saturated rings. The van der Waals surface area contributed by atoms with Gasteiger partial charge in [0.05, 0.1) is 0 Å². The normalized spacial score (nSPS) is 19.8. The van der Waals surface area contributed by atoms with Crippen molar-refractivity contribution >= 4 is 11.0 Å². The first kappa shape index (κ1) is 13.1. The minimum Gasteiger partial charge on any atom is -0.508 e. The summed E-state index contributed by atoms with van der Waals surface area (Å²) in [7, 11) is 0. The van der Waals surface area contributed by atoms with E-state index in [4.69, 9.17) is 10.2 Å². The lowest BCUT2D eigenvalue weighted by Crippen LogP contribution is -2.23. The van der Waals surface area contributed by atoms with Gasteiger partial charge in [0.1, 0.15) is 11.3 Å². The predicted molar refractivity (Wildman–Crippen MR) is 76.6 cm³/mol. The second kappa shape index (κ2) is 5.26. The minimum absolute atomic E-state index is 0.0992. The molecule has 1 atom stereocenters. The van der Waals surface area contributed by atoms with Crippen molar-refractivity contribution in [2.24, 2.45) is 11.7 Å². The molecule has 1 aromatic heterocycles. The average molecular weight is 274 g/mol. The summed E-state index contributed by atoms with van der Waals surface area (Å²) in [6.45, 7) is 3.39. The highest BCUT2D eigenvalue weighted by atomic mass is 16.4. The SMILES string of the molecule is NCC1CCN(Cc2cc(=O)oc3cc(O)ccc23)C1. The summed E-state index contributed by atoms with van der Waals surface area (Å²) >= 11 is 0.